The summed E-state index contributed by atoms with van der Waals surface area (Å²) in [6.45, 7) is 5.66. The van der Waals surface area contributed by atoms with E-state index in [4.69, 9.17) is 5.11 Å². The Labute approximate surface area is 97.4 Å². The lowest BCUT2D eigenvalue weighted by Crippen LogP contribution is -2.36. The van der Waals surface area contributed by atoms with E-state index in [2.05, 4.69) is 19.2 Å². The summed E-state index contributed by atoms with van der Waals surface area (Å²) in [5.74, 6) is -0.563. The molecule has 0 rings (SSSR count). The molecule has 0 spiro atoms. The predicted molar refractivity (Wildman–Crippen MR) is 63.2 cm³/mol. The van der Waals surface area contributed by atoms with Crippen LogP contribution in [0, 0.1) is 5.92 Å². The molecule has 0 saturated carbocycles. The molecule has 4 heteroatoms. The number of carboxylic acid groups (broad SMARTS) is 1. The summed E-state index contributed by atoms with van der Waals surface area (Å²) in [6, 6.07) is -0.234. The van der Waals surface area contributed by atoms with E-state index in [1.54, 1.807) is 0 Å². The highest BCUT2D eigenvalue weighted by molar-refractivity contribution is 5.74. The second-order valence-corrected chi connectivity index (χ2v) is 4.48. The number of carboxylic acids is 1. The zero-order valence-corrected chi connectivity index (χ0v) is 10.5. The van der Waals surface area contributed by atoms with Gasteiger partial charge in [0.1, 0.15) is 0 Å². The van der Waals surface area contributed by atoms with Crippen molar-refractivity contribution in [2.45, 2.75) is 58.9 Å². The molecule has 0 fully saturated rings. The molecule has 0 radical (unpaired) electrons. The topological polar surface area (TPSA) is 66.4 Å². The maximum Gasteiger partial charge on any atom is 0.305 e. The van der Waals surface area contributed by atoms with Crippen molar-refractivity contribution < 1.29 is 14.7 Å². The van der Waals surface area contributed by atoms with Crippen LogP contribution in [-0.4, -0.2) is 23.0 Å². The van der Waals surface area contributed by atoms with Gasteiger partial charge in [-0.15, -0.1) is 0 Å². The second kappa shape index (κ2) is 8.13. The summed E-state index contributed by atoms with van der Waals surface area (Å²) in [5.41, 5.74) is 0. The van der Waals surface area contributed by atoms with Gasteiger partial charge in [0.05, 0.1) is 6.42 Å². The number of hydrogen-bond acceptors (Lipinski definition) is 2. The Balaban J connectivity index is 4.07. The average Bonchev–Trinajstić information content (AvgIpc) is 2.12. The Kier molecular flexibility index (Phi) is 7.60. The number of unbranched alkanes of at least 4 members (excludes halogenated alkanes) is 1. The van der Waals surface area contributed by atoms with E-state index in [1.165, 1.54) is 6.92 Å². The van der Waals surface area contributed by atoms with E-state index in [0.29, 0.717) is 5.92 Å². The minimum Gasteiger partial charge on any atom is -0.481 e. The van der Waals surface area contributed by atoms with E-state index < -0.39 is 5.97 Å². The molecule has 0 aliphatic carbocycles. The van der Waals surface area contributed by atoms with Crippen molar-refractivity contribution in [2.24, 2.45) is 5.92 Å². The summed E-state index contributed by atoms with van der Waals surface area (Å²) < 4.78 is 0. The van der Waals surface area contributed by atoms with Crippen molar-refractivity contribution in [3.8, 4) is 0 Å². The Hall–Kier alpha value is -1.06. The Morgan fingerprint density at radius 1 is 1.38 bits per heavy atom. The fraction of sp³-hybridized carbons (Fsp3) is 0.833. The number of carbonyl (C=O) groups excluding carboxylic acids is 1. The summed E-state index contributed by atoms with van der Waals surface area (Å²) in [4.78, 5) is 21.6. The lowest BCUT2D eigenvalue weighted by molar-refractivity contribution is -0.137. The van der Waals surface area contributed by atoms with E-state index in [0.717, 1.165) is 25.7 Å². The molecule has 2 N–H and O–H groups in total. The molecule has 0 aromatic heterocycles. The average molecular weight is 229 g/mol. The van der Waals surface area contributed by atoms with E-state index in [9.17, 15) is 9.59 Å². The molecule has 0 saturated heterocycles. The molecular formula is C12H23NO3. The van der Waals surface area contributed by atoms with Crippen LogP contribution in [0.3, 0.4) is 0 Å². The lowest BCUT2D eigenvalue weighted by atomic mass is 9.94. The normalized spacial score (nSPS) is 14.2. The number of hydrogen-bond donors (Lipinski definition) is 2. The second-order valence-electron chi connectivity index (χ2n) is 4.48. The van der Waals surface area contributed by atoms with Crippen LogP contribution in [0.2, 0.25) is 0 Å². The van der Waals surface area contributed by atoms with Crippen LogP contribution < -0.4 is 5.32 Å². The molecule has 0 bridgehead atoms. The fourth-order valence-corrected chi connectivity index (χ4v) is 1.85. The first-order valence-electron chi connectivity index (χ1n) is 5.94. The van der Waals surface area contributed by atoms with Gasteiger partial charge in [-0.1, -0.05) is 33.1 Å². The van der Waals surface area contributed by atoms with Gasteiger partial charge in [-0.3, -0.25) is 9.59 Å². The monoisotopic (exact) mass is 229 g/mol. The van der Waals surface area contributed by atoms with Crippen molar-refractivity contribution in [2.75, 3.05) is 0 Å². The van der Waals surface area contributed by atoms with Crippen LogP contribution in [0.1, 0.15) is 52.9 Å². The van der Waals surface area contributed by atoms with Gasteiger partial charge < -0.3 is 10.4 Å². The summed E-state index contributed by atoms with van der Waals surface area (Å²) in [7, 11) is 0. The highest BCUT2D eigenvalue weighted by Crippen LogP contribution is 2.15. The quantitative estimate of drug-likeness (QED) is 0.670. The van der Waals surface area contributed by atoms with Crippen molar-refractivity contribution in [1.82, 2.24) is 5.32 Å². The summed E-state index contributed by atoms with van der Waals surface area (Å²) in [5, 5.41) is 11.4. The van der Waals surface area contributed by atoms with Gasteiger partial charge in [-0.05, 0) is 12.3 Å². The standard InChI is InChI=1S/C12H23NO3/c1-4-5-6-9(2)7-11(8-12(15)16)13-10(3)14/h9,11H,4-8H2,1-3H3,(H,13,14)(H,15,16). The first-order valence-corrected chi connectivity index (χ1v) is 5.94. The van der Waals surface area contributed by atoms with Crippen molar-refractivity contribution >= 4 is 11.9 Å². The largest absolute Gasteiger partial charge is 0.481 e. The van der Waals surface area contributed by atoms with E-state index >= 15 is 0 Å². The minimum atomic E-state index is -0.860. The zero-order chi connectivity index (χ0) is 12.6. The SMILES string of the molecule is CCCCC(C)CC(CC(=O)O)NC(C)=O. The van der Waals surface area contributed by atoms with E-state index in [-0.39, 0.29) is 18.4 Å². The molecule has 0 aromatic rings. The van der Waals surface area contributed by atoms with Crippen LogP contribution in [0.15, 0.2) is 0 Å². The minimum absolute atomic E-state index is 0.00997. The molecule has 94 valence electrons. The Bertz CT molecular complexity index is 212. The maximum atomic E-state index is 10.9. The molecule has 2 atom stereocenters. The highest BCUT2D eigenvalue weighted by Gasteiger charge is 2.17. The molecule has 4 nitrogen and oxygen atoms in total. The van der Waals surface area contributed by atoms with Crippen LogP contribution in [0.4, 0.5) is 0 Å². The maximum absolute atomic E-state index is 10.9. The third kappa shape index (κ3) is 8.26. The Morgan fingerprint density at radius 3 is 2.44 bits per heavy atom. The number of aliphatic carboxylic acids is 1. The van der Waals surface area contributed by atoms with Crippen LogP contribution in [0.5, 0.6) is 0 Å². The predicted octanol–water partition coefficient (Wildman–Crippen LogP) is 2.18. The van der Waals surface area contributed by atoms with Crippen molar-refractivity contribution in [1.29, 1.82) is 0 Å². The molecule has 2 unspecified atom stereocenters. The van der Waals surface area contributed by atoms with Gasteiger partial charge in [0, 0.05) is 13.0 Å². The number of amides is 1. The lowest BCUT2D eigenvalue weighted by Gasteiger charge is -2.20. The fourth-order valence-electron chi connectivity index (χ4n) is 1.85. The van der Waals surface area contributed by atoms with Crippen LogP contribution in [0.25, 0.3) is 0 Å². The first-order chi connectivity index (χ1) is 7.45. The third-order valence-corrected chi connectivity index (χ3v) is 2.57. The van der Waals surface area contributed by atoms with Crippen LogP contribution >= 0.6 is 0 Å². The van der Waals surface area contributed by atoms with Gasteiger partial charge in [0.2, 0.25) is 5.91 Å². The van der Waals surface area contributed by atoms with Gasteiger partial charge in [0.15, 0.2) is 0 Å². The molecular weight excluding hydrogens is 206 g/mol. The number of carbonyl (C=O) groups is 2. The van der Waals surface area contributed by atoms with Gasteiger partial charge in [-0.2, -0.15) is 0 Å². The van der Waals surface area contributed by atoms with Gasteiger partial charge >= 0.3 is 5.97 Å². The van der Waals surface area contributed by atoms with Crippen LogP contribution in [-0.2, 0) is 9.59 Å². The summed E-state index contributed by atoms with van der Waals surface area (Å²) >= 11 is 0. The number of rotatable bonds is 8. The smallest absolute Gasteiger partial charge is 0.305 e. The zero-order valence-electron chi connectivity index (χ0n) is 10.5. The van der Waals surface area contributed by atoms with Crippen molar-refractivity contribution in [3.63, 3.8) is 0 Å². The van der Waals surface area contributed by atoms with Gasteiger partial charge in [-0.25, -0.2) is 0 Å². The molecule has 0 aliphatic heterocycles. The van der Waals surface area contributed by atoms with Gasteiger partial charge in [0.25, 0.3) is 0 Å². The summed E-state index contributed by atoms with van der Waals surface area (Å²) in [6.07, 6.45) is 4.14. The van der Waals surface area contributed by atoms with Crippen molar-refractivity contribution in [3.05, 3.63) is 0 Å². The highest BCUT2D eigenvalue weighted by atomic mass is 16.4. The molecule has 0 aromatic carbocycles. The third-order valence-electron chi connectivity index (χ3n) is 2.57. The molecule has 16 heavy (non-hydrogen) atoms. The molecule has 1 amide bonds. The first kappa shape index (κ1) is 14.9. The molecule has 0 aliphatic rings. The Morgan fingerprint density at radius 2 is 2.00 bits per heavy atom. The number of nitrogens with one attached hydrogen (secondary N) is 1. The van der Waals surface area contributed by atoms with E-state index in [1.807, 2.05) is 0 Å². The molecule has 0 heterocycles.